The molecule has 1 aromatic heterocycles. The Labute approximate surface area is 126 Å². The number of aryl methyl sites for hydroxylation is 1. The largest absolute Gasteiger partial charge is 0.261 e. The highest BCUT2D eigenvalue weighted by molar-refractivity contribution is 6.90. The summed E-state index contributed by atoms with van der Waals surface area (Å²) >= 11 is 0. The molecule has 0 bridgehead atoms. The summed E-state index contributed by atoms with van der Waals surface area (Å²) in [6.07, 6.45) is 3.75. The van der Waals surface area contributed by atoms with E-state index in [1.807, 2.05) is 18.3 Å². The van der Waals surface area contributed by atoms with Crippen molar-refractivity contribution in [2.45, 2.75) is 71.0 Å². The van der Waals surface area contributed by atoms with E-state index >= 15 is 0 Å². The smallest absolute Gasteiger partial charge is 0.145 e. The van der Waals surface area contributed by atoms with Gasteiger partial charge in [0.1, 0.15) is 8.07 Å². The van der Waals surface area contributed by atoms with Gasteiger partial charge in [0, 0.05) is 24.7 Å². The molecule has 110 valence electrons. The molecule has 0 fully saturated rings. The molecule has 2 heteroatoms. The van der Waals surface area contributed by atoms with Crippen LogP contribution in [-0.4, -0.2) is 13.1 Å². The van der Waals surface area contributed by atoms with Gasteiger partial charge in [0.25, 0.3) is 0 Å². The number of hydrogen-bond donors (Lipinski definition) is 0. The first kappa shape index (κ1) is 17.0. The minimum absolute atomic E-state index is 0.713. The summed E-state index contributed by atoms with van der Waals surface area (Å²) in [4.78, 5) is 4.36. The second-order valence-electron chi connectivity index (χ2n) is 6.52. The van der Waals surface area contributed by atoms with Crippen LogP contribution in [0.15, 0.2) is 24.4 Å². The van der Waals surface area contributed by atoms with Gasteiger partial charge < -0.3 is 0 Å². The number of hydrogen-bond acceptors (Lipinski definition) is 1. The molecule has 0 aromatic carbocycles. The summed E-state index contributed by atoms with van der Waals surface area (Å²) < 4.78 is 0. The van der Waals surface area contributed by atoms with Crippen molar-refractivity contribution >= 4 is 8.07 Å². The van der Waals surface area contributed by atoms with Gasteiger partial charge in [-0.15, -0.1) is 11.5 Å². The average molecular weight is 288 g/mol. The first-order valence-electron chi connectivity index (χ1n) is 7.81. The van der Waals surface area contributed by atoms with Crippen LogP contribution in [0.1, 0.15) is 53.7 Å². The van der Waals surface area contributed by atoms with Crippen LogP contribution in [0.5, 0.6) is 0 Å². The van der Waals surface area contributed by atoms with Crippen molar-refractivity contribution in [1.29, 1.82) is 0 Å². The van der Waals surface area contributed by atoms with Crippen LogP contribution in [0, 0.1) is 11.5 Å². The lowest BCUT2D eigenvalue weighted by Crippen LogP contribution is -2.43. The fourth-order valence-electron chi connectivity index (χ4n) is 3.39. The first-order chi connectivity index (χ1) is 9.41. The molecule has 0 aliphatic rings. The van der Waals surface area contributed by atoms with Gasteiger partial charge in [-0.1, -0.05) is 47.6 Å². The molecule has 0 N–H and O–H groups in total. The summed E-state index contributed by atoms with van der Waals surface area (Å²) in [6, 6.07) is 6.09. The maximum Gasteiger partial charge on any atom is 0.145 e. The Morgan fingerprint density at radius 3 is 2.05 bits per heavy atom. The Bertz CT molecular complexity index is 430. The van der Waals surface area contributed by atoms with E-state index in [4.69, 9.17) is 0 Å². The summed E-state index contributed by atoms with van der Waals surface area (Å²) in [5.41, 5.74) is 7.05. The molecule has 20 heavy (non-hydrogen) atoms. The molecule has 0 spiro atoms. The normalized spacial score (nSPS) is 11.8. The van der Waals surface area contributed by atoms with E-state index in [0.29, 0.717) is 16.6 Å². The molecular weight excluding hydrogens is 258 g/mol. The quantitative estimate of drug-likeness (QED) is 0.533. The summed E-state index contributed by atoms with van der Waals surface area (Å²) in [6.45, 7) is 14.2. The average Bonchev–Trinajstić information content (AvgIpc) is 2.38. The summed E-state index contributed by atoms with van der Waals surface area (Å²) in [7, 11) is -1.55. The molecule has 1 nitrogen and oxygen atoms in total. The van der Waals surface area contributed by atoms with Crippen molar-refractivity contribution in [3.63, 3.8) is 0 Å². The van der Waals surface area contributed by atoms with Gasteiger partial charge in [-0.2, -0.15) is 0 Å². The summed E-state index contributed by atoms with van der Waals surface area (Å²) in [5, 5.41) is 0. The number of rotatable bonds is 5. The van der Waals surface area contributed by atoms with Gasteiger partial charge >= 0.3 is 0 Å². The zero-order chi connectivity index (χ0) is 15.2. The minimum Gasteiger partial charge on any atom is -0.261 e. The monoisotopic (exact) mass is 287 g/mol. The Hall–Kier alpha value is -1.07. The van der Waals surface area contributed by atoms with Crippen molar-refractivity contribution in [2.75, 3.05) is 0 Å². The number of pyridine rings is 1. The van der Waals surface area contributed by atoms with Gasteiger partial charge in [0.05, 0.1) is 0 Å². The highest BCUT2D eigenvalue weighted by atomic mass is 28.3. The maximum atomic E-state index is 4.36. The third kappa shape index (κ3) is 3.96. The highest BCUT2D eigenvalue weighted by Gasteiger charge is 2.41. The molecule has 0 saturated carbocycles. The standard InChI is InChI=1S/C18H29NSi/c1-15(2)20(16(3)4,17(5)6)14-10-8-12-18-11-7-9-13-19-18/h7,9,11,13,15-17H,8,12H2,1-6H3. The van der Waals surface area contributed by atoms with E-state index in [1.165, 1.54) is 0 Å². The SMILES string of the molecule is CC(C)[Si](C#CCCc1ccccn1)(C(C)C)C(C)C. The molecule has 1 aromatic rings. The molecule has 0 aliphatic carbocycles. The third-order valence-corrected chi connectivity index (χ3v) is 10.7. The van der Waals surface area contributed by atoms with E-state index in [9.17, 15) is 0 Å². The van der Waals surface area contributed by atoms with E-state index < -0.39 is 8.07 Å². The molecule has 0 atom stereocenters. The predicted octanol–water partition coefficient (Wildman–Crippen LogP) is 5.24. The van der Waals surface area contributed by atoms with E-state index in [0.717, 1.165) is 18.5 Å². The fraction of sp³-hybridized carbons (Fsp3) is 0.611. The molecule has 0 radical (unpaired) electrons. The van der Waals surface area contributed by atoms with Crippen LogP contribution in [0.2, 0.25) is 16.6 Å². The van der Waals surface area contributed by atoms with E-state index in [1.54, 1.807) is 0 Å². The molecular formula is C18H29NSi. The lowest BCUT2D eigenvalue weighted by molar-refractivity contribution is 0.837. The Balaban J connectivity index is 2.79. The molecule has 0 saturated heterocycles. The number of aromatic nitrogens is 1. The zero-order valence-electron chi connectivity index (χ0n) is 13.9. The maximum absolute atomic E-state index is 4.36. The van der Waals surface area contributed by atoms with Gasteiger partial charge in [0.15, 0.2) is 0 Å². The zero-order valence-corrected chi connectivity index (χ0v) is 14.9. The van der Waals surface area contributed by atoms with Crippen LogP contribution >= 0.6 is 0 Å². The molecule has 1 rings (SSSR count). The Morgan fingerprint density at radius 1 is 1.00 bits per heavy atom. The number of nitrogens with zero attached hydrogens (tertiary/aromatic N) is 1. The molecule has 0 aliphatic heterocycles. The summed E-state index contributed by atoms with van der Waals surface area (Å²) in [5.74, 6) is 3.49. The first-order valence-corrected chi connectivity index (χ1v) is 10.0. The Morgan fingerprint density at radius 2 is 1.60 bits per heavy atom. The molecule has 1 heterocycles. The predicted molar refractivity (Wildman–Crippen MR) is 91.4 cm³/mol. The van der Waals surface area contributed by atoms with Crippen LogP contribution < -0.4 is 0 Å². The van der Waals surface area contributed by atoms with Crippen molar-refractivity contribution < 1.29 is 0 Å². The minimum atomic E-state index is -1.55. The van der Waals surface area contributed by atoms with E-state index in [-0.39, 0.29) is 0 Å². The van der Waals surface area contributed by atoms with Crippen molar-refractivity contribution in [1.82, 2.24) is 4.98 Å². The van der Waals surface area contributed by atoms with Crippen molar-refractivity contribution in [3.05, 3.63) is 30.1 Å². The van der Waals surface area contributed by atoms with E-state index in [2.05, 4.69) is 64.1 Å². The van der Waals surface area contributed by atoms with Crippen LogP contribution in [0.3, 0.4) is 0 Å². The van der Waals surface area contributed by atoms with Gasteiger partial charge in [-0.3, -0.25) is 4.98 Å². The van der Waals surface area contributed by atoms with Crippen molar-refractivity contribution in [3.8, 4) is 11.5 Å². The fourth-order valence-corrected chi connectivity index (χ4v) is 8.68. The van der Waals surface area contributed by atoms with Crippen LogP contribution in [-0.2, 0) is 6.42 Å². The van der Waals surface area contributed by atoms with Gasteiger partial charge in [-0.05, 0) is 28.8 Å². The highest BCUT2D eigenvalue weighted by Crippen LogP contribution is 2.40. The Kier molecular flexibility index (Phi) is 6.49. The van der Waals surface area contributed by atoms with Crippen LogP contribution in [0.25, 0.3) is 0 Å². The topological polar surface area (TPSA) is 12.9 Å². The van der Waals surface area contributed by atoms with Gasteiger partial charge in [0.2, 0.25) is 0 Å². The van der Waals surface area contributed by atoms with Gasteiger partial charge in [-0.25, -0.2) is 0 Å². The van der Waals surface area contributed by atoms with Crippen molar-refractivity contribution in [2.24, 2.45) is 0 Å². The second-order valence-corrected chi connectivity index (χ2v) is 12.1. The molecule has 0 amide bonds. The second kappa shape index (κ2) is 7.64. The lowest BCUT2D eigenvalue weighted by atomic mass is 10.2. The lowest BCUT2D eigenvalue weighted by Gasteiger charge is -2.38. The third-order valence-electron chi connectivity index (χ3n) is 4.40. The van der Waals surface area contributed by atoms with Crippen LogP contribution in [0.4, 0.5) is 0 Å². The molecule has 0 unspecified atom stereocenters.